The monoisotopic (exact) mass is 399 g/mol. The molecule has 3 rings (SSSR count). The molecule has 1 aliphatic carbocycles. The van der Waals surface area contributed by atoms with Crippen molar-refractivity contribution < 1.29 is 13.2 Å². The van der Waals surface area contributed by atoms with E-state index >= 15 is 0 Å². The highest BCUT2D eigenvalue weighted by Crippen LogP contribution is 2.40. The zero-order valence-electron chi connectivity index (χ0n) is 14.1. The number of hydrogen-bond acceptors (Lipinski definition) is 1. The average molecular weight is 400 g/mol. The number of alkyl halides is 3. The lowest BCUT2D eigenvalue weighted by molar-refractivity contribution is -0.139. The second kappa shape index (κ2) is 7.26. The normalized spacial score (nSPS) is 18.3. The topological polar surface area (TPSA) is 26.0 Å². The molecule has 0 saturated carbocycles. The summed E-state index contributed by atoms with van der Waals surface area (Å²) in [7, 11) is 0. The second-order valence-electron chi connectivity index (χ2n) is 6.62. The standard InChI is InChI=1S/C20H18Cl2F3N/c1-11-8-14(10-17(21)19(11)22)16(20(23,24)25)6-3-12-2-5-15-13(9-12)4-7-18(15)26/h2-3,5-6,8-10,16,18H,4,7,26H2,1H3/b6-3+. The summed E-state index contributed by atoms with van der Waals surface area (Å²) in [6.45, 7) is 1.64. The number of benzene rings is 2. The Morgan fingerprint density at radius 3 is 2.58 bits per heavy atom. The minimum atomic E-state index is -4.43. The molecule has 0 heterocycles. The van der Waals surface area contributed by atoms with Crippen LogP contribution in [-0.4, -0.2) is 6.18 Å². The van der Waals surface area contributed by atoms with Gasteiger partial charge in [-0.3, -0.25) is 0 Å². The van der Waals surface area contributed by atoms with Gasteiger partial charge in [0.2, 0.25) is 0 Å². The Hall–Kier alpha value is -1.49. The fourth-order valence-corrected chi connectivity index (χ4v) is 3.71. The molecule has 0 aromatic heterocycles. The number of aryl methyl sites for hydroxylation is 2. The summed E-state index contributed by atoms with van der Waals surface area (Å²) >= 11 is 11.9. The van der Waals surface area contributed by atoms with Gasteiger partial charge in [-0.25, -0.2) is 0 Å². The molecule has 0 aliphatic heterocycles. The molecule has 6 heteroatoms. The van der Waals surface area contributed by atoms with E-state index < -0.39 is 12.1 Å². The average Bonchev–Trinajstić information content (AvgIpc) is 2.92. The molecule has 26 heavy (non-hydrogen) atoms. The summed E-state index contributed by atoms with van der Waals surface area (Å²) in [5, 5.41) is 0.395. The van der Waals surface area contributed by atoms with Crippen molar-refractivity contribution in [3.63, 3.8) is 0 Å². The van der Waals surface area contributed by atoms with Crippen molar-refractivity contribution in [3.05, 3.63) is 74.3 Å². The zero-order chi connectivity index (χ0) is 19.1. The smallest absolute Gasteiger partial charge is 0.324 e. The van der Waals surface area contributed by atoms with E-state index in [0.29, 0.717) is 5.56 Å². The van der Waals surface area contributed by atoms with Gasteiger partial charge in [-0.1, -0.05) is 59.6 Å². The van der Waals surface area contributed by atoms with Gasteiger partial charge >= 0.3 is 6.18 Å². The van der Waals surface area contributed by atoms with Crippen molar-refractivity contribution in [2.24, 2.45) is 5.73 Å². The third-order valence-electron chi connectivity index (χ3n) is 4.72. The highest BCUT2D eigenvalue weighted by atomic mass is 35.5. The lowest BCUT2D eigenvalue weighted by Gasteiger charge is -2.19. The molecular formula is C20H18Cl2F3N. The van der Waals surface area contributed by atoms with Gasteiger partial charge in [0, 0.05) is 6.04 Å². The Balaban J connectivity index is 1.94. The Morgan fingerprint density at radius 2 is 1.92 bits per heavy atom. The minimum absolute atomic E-state index is 0.0186. The number of hydrogen-bond donors (Lipinski definition) is 1. The van der Waals surface area contributed by atoms with Crippen LogP contribution in [0.25, 0.3) is 6.08 Å². The van der Waals surface area contributed by atoms with Crippen LogP contribution in [-0.2, 0) is 6.42 Å². The van der Waals surface area contributed by atoms with E-state index in [1.807, 2.05) is 12.1 Å². The first-order valence-corrected chi connectivity index (χ1v) is 9.01. The van der Waals surface area contributed by atoms with Crippen molar-refractivity contribution in [1.82, 2.24) is 0 Å². The first-order valence-electron chi connectivity index (χ1n) is 8.25. The summed E-state index contributed by atoms with van der Waals surface area (Å²) in [5.74, 6) is -1.76. The number of fused-ring (bicyclic) bond motifs is 1. The van der Waals surface area contributed by atoms with Gasteiger partial charge in [0.15, 0.2) is 0 Å². The molecule has 0 saturated heterocycles. The van der Waals surface area contributed by atoms with Crippen LogP contribution in [0.3, 0.4) is 0 Å². The molecule has 0 radical (unpaired) electrons. The molecule has 2 atom stereocenters. The van der Waals surface area contributed by atoms with E-state index in [9.17, 15) is 13.2 Å². The van der Waals surface area contributed by atoms with Gasteiger partial charge < -0.3 is 5.73 Å². The van der Waals surface area contributed by atoms with Crippen molar-refractivity contribution in [3.8, 4) is 0 Å². The molecule has 1 nitrogen and oxygen atoms in total. The molecule has 1 aliphatic rings. The van der Waals surface area contributed by atoms with E-state index in [2.05, 4.69) is 0 Å². The van der Waals surface area contributed by atoms with E-state index in [1.165, 1.54) is 18.2 Å². The van der Waals surface area contributed by atoms with Gasteiger partial charge in [-0.05, 0) is 53.6 Å². The first kappa shape index (κ1) is 19.3. The Bertz CT molecular complexity index is 836. The summed E-state index contributed by atoms with van der Waals surface area (Å²) in [6.07, 6.45) is -0.0436. The van der Waals surface area contributed by atoms with E-state index in [1.54, 1.807) is 13.0 Å². The molecular weight excluding hydrogens is 382 g/mol. The fraction of sp³-hybridized carbons (Fsp3) is 0.300. The van der Waals surface area contributed by atoms with Crippen LogP contribution in [0, 0.1) is 6.92 Å². The quantitative estimate of drug-likeness (QED) is 0.617. The number of halogens is 5. The maximum absolute atomic E-state index is 13.6. The molecule has 0 spiro atoms. The van der Waals surface area contributed by atoms with E-state index in [4.69, 9.17) is 28.9 Å². The predicted molar refractivity (Wildman–Crippen MR) is 101 cm³/mol. The van der Waals surface area contributed by atoms with E-state index in [-0.39, 0.29) is 21.7 Å². The number of nitrogens with two attached hydrogens (primary N) is 1. The summed E-state index contributed by atoms with van der Waals surface area (Å²) in [4.78, 5) is 0. The van der Waals surface area contributed by atoms with Gasteiger partial charge in [0.1, 0.15) is 0 Å². The van der Waals surface area contributed by atoms with Gasteiger partial charge in [0.25, 0.3) is 0 Å². The largest absolute Gasteiger partial charge is 0.399 e. The summed E-state index contributed by atoms with van der Waals surface area (Å²) < 4.78 is 40.8. The van der Waals surface area contributed by atoms with Crippen LogP contribution in [0.1, 0.15) is 46.2 Å². The Morgan fingerprint density at radius 1 is 1.19 bits per heavy atom. The van der Waals surface area contributed by atoms with Gasteiger partial charge in [-0.15, -0.1) is 0 Å². The van der Waals surface area contributed by atoms with Crippen LogP contribution in [0.5, 0.6) is 0 Å². The van der Waals surface area contributed by atoms with Crippen molar-refractivity contribution in [2.45, 2.75) is 37.9 Å². The highest BCUT2D eigenvalue weighted by Gasteiger charge is 2.39. The first-order chi connectivity index (χ1) is 12.2. The molecule has 138 valence electrons. The van der Waals surface area contributed by atoms with Crippen molar-refractivity contribution in [2.75, 3.05) is 0 Å². The minimum Gasteiger partial charge on any atom is -0.324 e. The lowest BCUT2D eigenvalue weighted by atomic mass is 9.95. The van der Waals surface area contributed by atoms with Crippen LogP contribution in [0.2, 0.25) is 10.0 Å². The molecule has 2 aromatic rings. The molecule has 2 unspecified atom stereocenters. The number of rotatable bonds is 3. The fourth-order valence-electron chi connectivity index (χ4n) is 3.32. The maximum Gasteiger partial charge on any atom is 0.399 e. The van der Waals surface area contributed by atoms with Crippen LogP contribution >= 0.6 is 23.2 Å². The SMILES string of the molecule is Cc1cc(C(/C=C/c2ccc3c(c2)CCC3N)C(F)(F)F)cc(Cl)c1Cl. The Kier molecular flexibility index (Phi) is 5.38. The molecule has 2 aromatic carbocycles. The molecule has 0 bridgehead atoms. The summed E-state index contributed by atoms with van der Waals surface area (Å²) in [6, 6.07) is 8.34. The maximum atomic E-state index is 13.6. The van der Waals surface area contributed by atoms with Crippen LogP contribution < -0.4 is 5.73 Å². The number of allylic oxidation sites excluding steroid dienone is 1. The zero-order valence-corrected chi connectivity index (χ0v) is 15.6. The predicted octanol–water partition coefficient (Wildman–Crippen LogP) is 6.61. The van der Waals surface area contributed by atoms with Crippen molar-refractivity contribution >= 4 is 29.3 Å². The van der Waals surface area contributed by atoms with Crippen molar-refractivity contribution in [1.29, 1.82) is 0 Å². The third-order valence-corrected chi connectivity index (χ3v) is 5.61. The van der Waals surface area contributed by atoms with Gasteiger partial charge in [-0.2, -0.15) is 13.2 Å². The highest BCUT2D eigenvalue weighted by molar-refractivity contribution is 6.42. The summed E-state index contributed by atoms with van der Waals surface area (Å²) in [5.41, 5.74) is 9.50. The van der Waals surface area contributed by atoms with Crippen LogP contribution in [0.4, 0.5) is 13.2 Å². The van der Waals surface area contributed by atoms with Gasteiger partial charge in [0.05, 0.1) is 16.0 Å². The van der Waals surface area contributed by atoms with Crippen LogP contribution in [0.15, 0.2) is 36.4 Å². The molecule has 0 amide bonds. The second-order valence-corrected chi connectivity index (χ2v) is 7.40. The Labute approximate surface area is 160 Å². The van der Waals surface area contributed by atoms with E-state index in [0.717, 1.165) is 35.6 Å². The third kappa shape index (κ3) is 3.93. The molecule has 0 fully saturated rings. The molecule has 2 N–H and O–H groups in total. The lowest BCUT2D eigenvalue weighted by Crippen LogP contribution is -2.19.